The Morgan fingerprint density at radius 1 is 0.923 bits per heavy atom. The third-order valence-corrected chi connectivity index (χ3v) is 1.95. The van der Waals surface area contributed by atoms with E-state index < -0.39 is 27.6 Å². The molecule has 0 saturated heterocycles. The van der Waals surface area contributed by atoms with E-state index in [1.165, 1.54) is 0 Å². The normalized spacial score (nSPS) is 11.5. The summed E-state index contributed by atoms with van der Waals surface area (Å²) < 4.78 is 0. The van der Waals surface area contributed by atoms with Crippen LogP contribution in [0.3, 0.4) is 0 Å². The second kappa shape index (κ2) is 6.85. The monoisotopic (exact) mass is 409 g/mol. The summed E-state index contributed by atoms with van der Waals surface area (Å²) in [5, 5.41) is 5.64. The van der Waals surface area contributed by atoms with Gasteiger partial charge in [0.15, 0.2) is 0 Å². The molecule has 0 unspecified atom stereocenters. The third-order valence-electron chi connectivity index (χ3n) is 1.95. The zero-order chi connectivity index (χ0) is 11.1. The van der Waals surface area contributed by atoms with E-state index in [9.17, 15) is 9.81 Å². The molecule has 0 N–H and O–H groups in total. The van der Waals surface area contributed by atoms with Crippen molar-refractivity contribution < 1.29 is 16.5 Å². The van der Waals surface area contributed by atoms with Gasteiger partial charge >= 0.3 is 35.3 Å². The minimum atomic E-state index is -0.922. The third kappa shape index (κ3) is 5.71. The average molecular weight is 410 g/mol. The summed E-state index contributed by atoms with van der Waals surface area (Å²) in [6, 6.07) is 0. The summed E-state index contributed by atoms with van der Waals surface area (Å²) in [5.74, 6) is 0. The SMILES string of the molecule is CC(C)(N=O)C(C)(C)N=O.[Cl][Pt][Cl]. The van der Waals surface area contributed by atoms with Gasteiger partial charge in [-0.15, -0.1) is 0 Å². The van der Waals surface area contributed by atoms with Crippen LogP contribution in [0.15, 0.2) is 10.4 Å². The first-order valence-electron chi connectivity index (χ1n) is 3.30. The molecule has 0 heterocycles. The van der Waals surface area contributed by atoms with Crippen LogP contribution in [0.2, 0.25) is 0 Å². The van der Waals surface area contributed by atoms with Gasteiger partial charge < -0.3 is 0 Å². The standard InChI is InChI=1S/C6H12N2O2.2ClH.Pt/c1-5(2,7-9)6(3,4)8-10;;;/h1-4H3;2*1H;/q;;;+2/p-2. The first-order chi connectivity index (χ1) is 5.79. The summed E-state index contributed by atoms with van der Waals surface area (Å²) in [5.41, 5.74) is -1.84. The Morgan fingerprint density at radius 2 is 1.08 bits per heavy atom. The molecule has 0 aromatic rings. The quantitative estimate of drug-likeness (QED) is 0.670. The van der Waals surface area contributed by atoms with Crippen LogP contribution < -0.4 is 0 Å². The Bertz CT molecular complexity index is 158. The van der Waals surface area contributed by atoms with Gasteiger partial charge in [-0.25, -0.2) is 0 Å². The van der Waals surface area contributed by atoms with E-state index in [0.29, 0.717) is 0 Å². The second-order valence-electron chi connectivity index (χ2n) is 3.35. The van der Waals surface area contributed by atoms with E-state index in [0.717, 1.165) is 0 Å². The molecule has 13 heavy (non-hydrogen) atoms. The predicted octanol–water partition coefficient (Wildman–Crippen LogP) is 3.45. The van der Waals surface area contributed by atoms with E-state index in [1.54, 1.807) is 27.7 Å². The maximum absolute atomic E-state index is 10.2. The Balaban J connectivity index is 0. The van der Waals surface area contributed by atoms with Crippen LogP contribution in [0.5, 0.6) is 0 Å². The van der Waals surface area contributed by atoms with Crippen molar-refractivity contribution >= 4 is 18.8 Å². The molecule has 0 bridgehead atoms. The molecule has 0 spiro atoms. The minimum absolute atomic E-state index is 0.472. The topological polar surface area (TPSA) is 58.9 Å². The fraction of sp³-hybridized carbons (Fsp3) is 1.00. The van der Waals surface area contributed by atoms with Crippen molar-refractivity contribution in [2.75, 3.05) is 0 Å². The van der Waals surface area contributed by atoms with Gasteiger partial charge in [0.1, 0.15) is 11.1 Å². The molecule has 0 aromatic carbocycles. The Hall–Kier alpha value is 0.468. The predicted molar refractivity (Wildman–Crippen MR) is 51.5 cm³/mol. The van der Waals surface area contributed by atoms with E-state index in [1.807, 2.05) is 0 Å². The zero-order valence-electron chi connectivity index (χ0n) is 7.78. The number of nitroso groups, excluding NO2 is 2. The molecule has 0 aliphatic heterocycles. The Morgan fingerprint density at radius 3 is 1.15 bits per heavy atom. The van der Waals surface area contributed by atoms with Crippen LogP contribution in [-0.4, -0.2) is 11.1 Å². The van der Waals surface area contributed by atoms with Gasteiger partial charge in [-0.1, -0.05) is 10.4 Å². The van der Waals surface area contributed by atoms with E-state index in [-0.39, 0.29) is 0 Å². The van der Waals surface area contributed by atoms with Crippen molar-refractivity contribution in [3.05, 3.63) is 9.81 Å². The van der Waals surface area contributed by atoms with Crippen molar-refractivity contribution in [1.29, 1.82) is 0 Å². The van der Waals surface area contributed by atoms with Crippen LogP contribution in [0.25, 0.3) is 0 Å². The summed E-state index contributed by atoms with van der Waals surface area (Å²) in [6.07, 6.45) is 0. The fourth-order valence-electron chi connectivity index (χ4n) is 0.223. The fourth-order valence-corrected chi connectivity index (χ4v) is 0.223. The van der Waals surface area contributed by atoms with Crippen molar-refractivity contribution in [3.8, 4) is 0 Å². The van der Waals surface area contributed by atoms with Crippen molar-refractivity contribution in [1.82, 2.24) is 0 Å². The Labute approximate surface area is 94.1 Å². The average Bonchev–Trinajstić information content (AvgIpc) is 2.05. The van der Waals surface area contributed by atoms with Crippen LogP contribution >= 0.6 is 18.8 Å². The van der Waals surface area contributed by atoms with Gasteiger partial charge in [0, 0.05) is 0 Å². The molecular weight excluding hydrogens is 398 g/mol. The number of rotatable bonds is 3. The molecule has 82 valence electrons. The van der Waals surface area contributed by atoms with Crippen LogP contribution in [0, 0.1) is 9.81 Å². The molecule has 0 atom stereocenters. The van der Waals surface area contributed by atoms with Gasteiger partial charge in [0.2, 0.25) is 0 Å². The number of hydrogen-bond acceptors (Lipinski definition) is 4. The summed E-state index contributed by atoms with van der Waals surface area (Å²) >= 11 is -0.472. The molecule has 0 fully saturated rings. The van der Waals surface area contributed by atoms with E-state index in [2.05, 4.69) is 10.4 Å². The molecule has 0 rings (SSSR count). The van der Waals surface area contributed by atoms with Gasteiger partial charge in [0.05, 0.1) is 0 Å². The molecule has 0 aliphatic carbocycles. The molecule has 0 saturated carbocycles. The Kier molecular flexibility index (Phi) is 8.39. The summed E-state index contributed by atoms with van der Waals surface area (Å²) in [4.78, 5) is 20.4. The van der Waals surface area contributed by atoms with Crippen molar-refractivity contribution in [2.24, 2.45) is 10.4 Å². The van der Waals surface area contributed by atoms with E-state index >= 15 is 0 Å². The summed E-state index contributed by atoms with van der Waals surface area (Å²) in [7, 11) is 9.75. The number of nitrogens with zero attached hydrogens (tertiary/aromatic N) is 2. The first kappa shape index (κ1) is 15.9. The van der Waals surface area contributed by atoms with Gasteiger partial charge in [-0.05, 0) is 27.7 Å². The number of hydrogen-bond donors (Lipinski definition) is 0. The second-order valence-corrected chi connectivity index (χ2v) is 6.63. The number of halogens is 2. The molecular formula is C6H12Cl2N2O2Pt. The molecule has 0 radical (unpaired) electrons. The molecule has 0 aromatic heterocycles. The van der Waals surface area contributed by atoms with E-state index in [4.69, 9.17) is 18.8 Å². The van der Waals surface area contributed by atoms with Crippen LogP contribution in [0.4, 0.5) is 0 Å². The van der Waals surface area contributed by atoms with Crippen molar-refractivity contribution in [3.63, 3.8) is 0 Å². The zero-order valence-corrected chi connectivity index (χ0v) is 11.6. The first-order valence-corrected chi connectivity index (χ1v) is 8.93. The van der Waals surface area contributed by atoms with Crippen LogP contribution in [0.1, 0.15) is 27.7 Å². The maximum atomic E-state index is 10.2. The molecule has 0 amide bonds. The van der Waals surface area contributed by atoms with Crippen molar-refractivity contribution in [2.45, 2.75) is 38.8 Å². The van der Waals surface area contributed by atoms with Gasteiger partial charge in [-0.3, -0.25) is 0 Å². The summed E-state index contributed by atoms with van der Waals surface area (Å²) in [6.45, 7) is 6.34. The molecule has 4 nitrogen and oxygen atoms in total. The molecule has 0 aliphatic rings. The van der Waals surface area contributed by atoms with Gasteiger partial charge in [-0.2, -0.15) is 9.81 Å². The van der Waals surface area contributed by atoms with Crippen LogP contribution in [-0.2, 0) is 16.5 Å². The van der Waals surface area contributed by atoms with Gasteiger partial charge in [0.25, 0.3) is 0 Å². The molecule has 7 heteroatoms.